The summed E-state index contributed by atoms with van der Waals surface area (Å²) in [6.45, 7) is 3.86. The van der Waals surface area contributed by atoms with Gasteiger partial charge in [0.05, 0.1) is 11.1 Å². The van der Waals surface area contributed by atoms with Crippen molar-refractivity contribution in [2.75, 3.05) is 32.7 Å². The normalized spacial score (nSPS) is 20.9. The third-order valence-corrected chi connectivity index (χ3v) is 11.0. The molecule has 11 heteroatoms. The van der Waals surface area contributed by atoms with E-state index in [1.54, 1.807) is 41.4 Å². The number of amides is 1. The fourth-order valence-electron chi connectivity index (χ4n) is 5.40. The second-order valence-electron chi connectivity index (χ2n) is 9.67. The summed E-state index contributed by atoms with van der Waals surface area (Å²) in [6, 6.07) is 12.6. The molecule has 2 unspecified atom stereocenters. The van der Waals surface area contributed by atoms with Gasteiger partial charge in [-0.2, -0.15) is 4.31 Å². The quantitative estimate of drug-likeness (QED) is 0.380. The van der Waals surface area contributed by atoms with Crippen molar-refractivity contribution in [3.63, 3.8) is 0 Å². The van der Waals surface area contributed by atoms with E-state index in [4.69, 9.17) is 23.2 Å². The minimum atomic E-state index is -3.87. The van der Waals surface area contributed by atoms with Gasteiger partial charge in [-0.3, -0.25) is 9.69 Å². The maximum atomic E-state index is 14.1. The Morgan fingerprint density at radius 3 is 2.68 bits per heavy atom. The summed E-state index contributed by atoms with van der Waals surface area (Å²) >= 11 is 13.9. The Hall–Kier alpha value is -2.01. The SMILES string of the molecule is CC1CN(C(=O)CCN2CCc3sccc3C2c2cccc(F)c2)CCN1S(=O)(=O)c1cc(Cl)ccc1Cl. The van der Waals surface area contributed by atoms with E-state index in [-0.39, 0.29) is 40.8 Å². The number of hydrogen-bond acceptors (Lipinski definition) is 5. The van der Waals surface area contributed by atoms with Crippen LogP contribution in [-0.2, 0) is 21.2 Å². The molecular weight excluding hydrogens is 568 g/mol. The van der Waals surface area contributed by atoms with Crippen molar-refractivity contribution in [2.45, 2.75) is 36.7 Å². The molecule has 0 N–H and O–H groups in total. The molecule has 0 radical (unpaired) electrons. The van der Waals surface area contributed by atoms with Crippen LogP contribution in [0.15, 0.2) is 58.8 Å². The summed E-state index contributed by atoms with van der Waals surface area (Å²) < 4.78 is 42.1. The van der Waals surface area contributed by atoms with Crippen molar-refractivity contribution in [1.29, 1.82) is 0 Å². The number of benzene rings is 2. The van der Waals surface area contributed by atoms with Gasteiger partial charge < -0.3 is 4.90 Å². The number of fused-ring (bicyclic) bond motifs is 1. The number of nitrogens with zero attached hydrogens (tertiary/aromatic N) is 3. The Kier molecular flexibility index (Phi) is 8.14. The van der Waals surface area contributed by atoms with Gasteiger partial charge in [-0.1, -0.05) is 35.3 Å². The van der Waals surface area contributed by atoms with Gasteiger partial charge >= 0.3 is 0 Å². The third kappa shape index (κ3) is 5.50. The molecule has 0 aliphatic carbocycles. The molecule has 2 aliphatic heterocycles. The van der Waals surface area contributed by atoms with E-state index in [9.17, 15) is 17.6 Å². The molecule has 1 fully saturated rings. The molecule has 1 saturated heterocycles. The number of sulfonamides is 1. The lowest BCUT2D eigenvalue weighted by atomic mass is 9.93. The minimum absolute atomic E-state index is 0.0243. The standard InChI is InChI=1S/C27H28Cl2FN3O3S2/c1-18-17-32(12-13-33(18)38(35,36)25-16-20(28)5-6-23(25)29)26(34)8-11-31-10-7-24-22(9-14-37-24)27(31)19-3-2-4-21(30)15-19/h2-6,9,14-16,18,27H,7-8,10-13,17H2,1H3. The van der Waals surface area contributed by atoms with Gasteiger partial charge in [0.25, 0.3) is 0 Å². The van der Waals surface area contributed by atoms with E-state index in [2.05, 4.69) is 16.3 Å². The maximum absolute atomic E-state index is 14.1. The molecule has 3 heterocycles. The van der Waals surface area contributed by atoms with Crippen LogP contribution in [0.4, 0.5) is 4.39 Å². The van der Waals surface area contributed by atoms with E-state index >= 15 is 0 Å². The lowest BCUT2D eigenvalue weighted by Crippen LogP contribution is -2.55. The van der Waals surface area contributed by atoms with Gasteiger partial charge in [-0.05, 0) is 66.2 Å². The van der Waals surface area contributed by atoms with Crippen LogP contribution in [-0.4, -0.2) is 67.2 Å². The predicted octanol–water partition coefficient (Wildman–Crippen LogP) is 5.45. The van der Waals surface area contributed by atoms with E-state index in [0.717, 1.165) is 18.5 Å². The highest BCUT2D eigenvalue weighted by molar-refractivity contribution is 7.89. The smallest absolute Gasteiger partial charge is 0.244 e. The molecule has 1 amide bonds. The van der Waals surface area contributed by atoms with Gasteiger partial charge in [0.1, 0.15) is 10.7 Å². The molecule has 6 nitrogen and oxygen atoms in total. The molecule has 202 valence electrons. The zero-order chi connectivity index (χ0) is 27.0. The van der Waals surface area contributed by atoms with Crippen molar-refractivity contribution >= 4 is 50.5 Å². The molecule has 2 aromatic carbocycles. The molecule has 5 rings (SSSR count). The van der Waals surface area contributed by atoms with Gasteiger partial charge in [-0.15, -0.1) is 11.3 Å². The van der Waals surface area contributed by atoms with Crippen molar-refractivity contribution in [3.05, 3.63) is 85.8 Å². The van der Waals surface area contributed by atoms with Gasteiger partial charge in [-0.25, -0.2) is 12.8 Å². The van der Waals surface area contributed by atoms with Gasteiger partial charge in [0.2, 0.25) is 15.9 Å². The molecule has 2 atom stereocenters. The fourth-order valence-corrected chi connectivity index (χ4v) is 8.66. The monoisotopic (exact) mass is 595 g/mol. The van der Waals surface area contributed by atoms with Crippen molar-refractivity contribution < 1.29 is 17.6 Å². The first-order valence-corrected chi connectivity index (χ1v) is 15.5. The van der Waals surface area contributed by atoms with E-state index in [1.807, 2.05) is 6.07 Å². The lowest BCUT2D eigenvalue weighted by Gasteiger charge is -2.40. The van der Waals surface area contributed by atoms with E-state index in [1.165, 1.54) is 32.9 Å². The van der Waals surface area contributed by atoms with E-state index < -0.39 is 16.1 Å². The maximum Gasteiger partial charge on any atom is 0.244 e. The molecule has 2 aliphatic rings. The first kappa shape index (κ1) is 27.6. The summed E-state index contributed by atoms with van der Waals surface area (Å²) in [7, 11) is -3.87. The third-order valence-electron chi connectivity index (χ3n) is 7.24. The summed E-state index contributed by atoms with van der Waals surface area (Å²) in [5.41, 5.74) is 2.05. The van der Waals surface area contributed by atoms with Gasteiger partial charge in [0.15, 0.2) is 0 Å². The van der Waals surface area contributed by atoms with E-state index in [0.29, 0.717) is 24.5 Å². The topological polar surface area (TPSA) is 60.9 Å². The minimum Gasteiger partial charge on any atom is -0.340 e. The van der Waals surface area contributed by atoms with Gasteiger partial charge in [0, 0.05) is 55.1 Å². The fraction of sp³-hybridized carbons (Fsp3) is 0.370. The Morgan fingerprint density at radius 1 is 1.11 bits per heavy atom. The number of piperazine rings is 1. The van der Waals surface area contributed by atoms with Crippen LogP contribution < -0.4 is 0 Å². The average molecular weight is 597 g/mol. The second kappa shape index (κ2) is 11.2. The highest BCUT2D eigenvalue weighted by Gasteiger charge is 2.37. The molecule has 0 saturated carbocycles. The Labute approximate surface area is 236 Å². The van der Waals surface area contributed by atoms with Crippen LogP contribution in [0.3, 0.4) is 0 Å². The van der Waals surface area contributed by atoms with Crippen LogP contribution in [0.2, 0.25) is 10.0 Å². The zero-order valence-corrected chi connectivity index (χ0v) is 24.0. The predicted molar refractivity (Wildman–Crippen MR) is 149 cm³/mol. The van der Waals surface area contributed by atoms with Crippen molar-refractivity contribution in [3.8, 4) is 0 Å². The summed E-state index contributed by atoms with van der Waals surface area (Å²) in [5.74, 6) is -0.300. The van der Waals surface area contributed by atoms with Crippen LogP contribution in [0.1, 0.15) is 35.4 Å². The molecule has 1 aromatic heterocycles. The highest BCUT2D eigenvalue weighted by atomic mass is 35.5. The zero-order valence-electron chi connectivity index (χ0n) is 20.8. The molecular formula is C27H28Cl2FN3O3S2. The first-order chi connectivity index (χ1) is 18.1. The summed E-state index contributed by atoms with van der Waals surface area (Å²) in [4.78, 5) is 18.5. The Bertz CT molecular complexity index is 1450. The Balaban J connectivity index is 1.25. The van der Waals surface area contributed by atoms with Crippen LogP contribution in [0.25, 0.3) is 0 Å². The van der Waals surface area contributed by atoms with Crippen LogP contribution in [0, 0.1) is 5.82 Å². The summed E-state index contributed by atoms with van der Waals surface area (Å²) in [5, 5.41) is 2.47. The molecule has 0 spiro atoms. The largest absolute Gasteiger partial charge is 0.340 e. The number of thiophene rings is 1. The Morgan fingerprint density at radius 2 is 1.92 bits per heavy atom. The number of hydrogen-bond donors (Lipinski definition) is 0. The van der Waals surface area contributed by atoms with Crippen LogP contribution >= 0.6 is 34.5 Å². The lowest BCUT2D eigenvalue weighted by molar-refractivity contribution is -0.133. The number of carbonyl (C=O) groups is 1. The second-order valence-corrected chi connectivity index (χ2v) is 13.4. The molecule has 38 heavy (non-hydrogen) atoms. The van der Waals surface area contributed by atoms with Crippen molar-refractivity contribution in [2.24, 2.45) is 0 Å². The number of halogens is 3. The number of carbonyl (C=O) groups excluding carboxylic acids is 1. The average Bonchev–Trinajstić information content (AvgIpc) is 3.37. The molecule has 3 aromatic rings. The van der Waals surface area contributed by atoms with Crippen molar-refractivity contribution in [1.82, 2.24) is 14.1 Å². The first-order valence-electron chi connectivity index (χ1n) is 12.5. The highest BCUT2D eigenvalue weighted by Crippen LogP contribution is 2.38. The van der Waals surface area contributed by atoms with Crippen LogP contribution in [0.5, 0.6) is 0 Å². The number of rotatable bonds is 6. The molecule has 0 bridgehead atoms. The summed E-state index contributed by atoms with van der Waals surface area (Å²) in [6.07, 6.45) is 1.19.